The molecule has 0 fully saturated rings. The molecule has 2 heterocycles. The Balaban J connectivity index is 1.83. The predicted molar refractivity (Wildman–Crippen MR) is 77.2 cm³/mol. The molecule has 0 spiro atoms. The van der Waals surface area contributed by atoms with Crippen molar-refractivity contribution in [3.05, 3.63) is 46.5 Å². The fourth-order valence-corrected chi connectivity index (χ4v) is 2.75. The van der Waals surface area contributed by atoms with Crippen molar-refractivity contribution in [3.8, 4) is 0 Å². The van der Waals surface area contributed by atoms with E-state index in [-0.39, 0.29) is 6.04 Å². The lowest BCUT2D eigenvalue weighted by Crippen LogP contribution is -2.06. The number of nitrogens with one attached hydrogen (secondary N) is 2. The molecule has 1 atom stereocenters. The van der Waals surface area contributed by atoms with Crippen molar-refractivity contribution < 1.29 is 0 Å². The summed E-state index contributed by atoms with van der Waals surface area (Å²) in [5.41, 5.74) is 3.39. The highest BCUT2D eigenvalue weighted by Crippen LogP contribution is 2.23. The molecular formula is C14H15N3S. The monoisotopic (exact) mass is 257 g/mol. The number of thiazole rings is 1. The van der Waals surface area contributed by atoms with Gasteiger partial charge in [0.25, 0.3) is 0 Å². The average molecular weight is 257 g/mol. The van der Waals surface area contributed by atoms with E-state index in [4.69, 9.17) is 0 Å². The third kappa shape index (κ3) is 2.11. The number of benzene rings is 1. The number of hydrogen-bond donors (Lipinski definition) is 2. The first-order valence-corrected chi connectivity index (χ1v) is 6.86. The number of fused-ring (bicyclic) bond motifs is 1. The van der Waals surface area contributed by atoms with Gasteiger partial charge in [-0.1, -0.05) is 0 Å². The van der Waals surface area contributed by atoms with Crippen molar-refractivity contribution in [1.29, 1.82) is 0 Å². The van der Waals surface area contributed by atoms with Crippen LogP contribution >= 0.6 is 11.3 Å². The summed E-state index contributed by atoms with van der Waals surface area (Å²) >= 11 is 1.69. The quantitative estimate of drug-likeness (QED) is 0.741. The van der Waals surface area contributed by atoms with Gasteiger partial charge in [-0.2, -0.15) is 0 Å². The Morgan fingerprint density at radius 2 is 2.22 bits per heavy atom. The Bertz CT molecular complexity index is 668. The molecule has 0 bridgehead atoms. The Morgan fingerprint density at radius 3 is 3.00 bits per heavy atom. The summed E-state index contributed by atoms with van der Waals surface area (Å²) in [4.78, 5) is 7.71. The fourth-order valence-electron chi connectivity index (χ4n) is 2.05. The summed E-state index contributed by atoms with van der Waals surface area (Å²) in [5.74, 6) is 0. The van der Waals surface area contributed by atoms with E-state index in [1.807, 2.05) is 13.1 Å². The van der Waals surface area contributed by atoms with Crippen LogP contribution in [0.25, 0.3) is 10.9 Å². The van der Waals surface area contributed by atoms with E-state index in [9.17, 15) is 0 Å². The van der Waals surface area contributed by atoms with Gasteiger partial charge in [-0.25, -0.2) is 4.98 Å². The van der Waals surface area contributed by atoms with Crippen LogP contribution in [0.15, 0.2) is 35.8 Å². The first-order chi connectivity index (χ1) is 8.72. The second kappa shape index (κ2) is 4.46. The molecule has 0 aliphatic rings. The normalized spacial score (nSPS) is 12.8. The van der Waals surface area contributed by atoms with Gasteiger partial charge in [0.1, 0.15) is 0 Å². The van der Waals surface area contributed by atoms with E-state index in [0.29, 0.717) is 0 Å². The molecule has 0 saturated carbocycles. The minimum absolute atomic E-state index is 0.228. The maximum Gasteiger partial charge on any atom is 0.0898 e. The summed E-state index contributed by atoms with van der Waals surface area (Å²) in [7, 11) is 0. The molecule has 2 aromatic heterocycles. The van der Waals surface area contributed by atoms with Crippen LogP contribution < -0.4 is 5.32 Å². The van der Waals surface area contributed by atoms with Gasteiger partial charge in [-0.15, -0.1) is 11.3 Å². The van der Waals surface area contributed by atoms with Crippen LogP contribution in [0.3, 0.4) is 0 Å². The maximum absolute atomic E-state index is 4.51. The van der Waals surface area contributed by atoms with Crippen molar-refractivity contribution in [2.75, 3.05) is 5.32 Å². The molecule has 0 radical (unpaired) electrons. The van der Waals surface area contributed by atoms with Crippen molar-refractivity contribution in [2.45, 2.75) is 19.9 Å². The molecule has 0 aliphatic heterocycles. The number of rotatable bonds is 3. The summed E-state index contributed by atoms with van der Waals surface area (Å²) < 4.78 is 0. The molecule has 18 heavy (non-hydrogen) atoms. The topological polar surface area (TPSA) is 40.7 Å². The second-order valence-corrected chi connectivity index (χ2v) is 5.50. The van der Waals surface area contributed by atoms with Gasteiger partial charge in [0.05, 0.1) is 16.7 Å². The van der Waals surface area contributed by atoms with E-state index >= 15 is 0 Å². The van der Waals surface area contributed by atoms with Gasteiger partial charge in [0, 0.05) is 28.2 Å². The van der Waals surface area contributed by atoms with Crippen LogP contribution in [-0.2, 0) is 0 Å². The minimum Gasteiger partial charge on any atom is -0.377 e. The van der Waals surface area contributed by atoms with E-state index in [0.717, 1.165) is 21.9 Å². The van der Waals surface area contributed by atoms with E-state index in [2.05, 4.69) is 51.9 Å². The molecule has 4 heteroatoms. The molecule has 92 valence electrons. The summed E-state index contributed by atoms with van der Waals surface area (Å²) in [5, 5.41) is 7.93. The van der Waals surface area contributed by atoms with Gasteiger partial charge >= 0.3 is 0 Å². The molecule has 0 aliphatic carbocycles. The number of anilines is 1. The summed E-state index contributed by atoms with van der Waals surface area (Å²) in [6.07, 6.45) is 1.96. The molecule has 0 saturated heterocycles. The number of aryl methyl sites for hydroxylation is 1. The summed E-state index contributed by atoms with van der Waals surface area (Å²) in [6, 6.07) is 8.65. The number of aromatic amines is 1. The second-order valence-electron chi connectivity index (χ2n) is 4.44. The van der Waals surface area contributed by atoms with Crippen LogP contribution in [-0.4, -0.2) is 9.97 Å². The van der Waals surface area contributed by atoms with Crippen molar-refractivity contribution in [1.82, 2.24) is 9.97 Å². The molecule has 3 nitrogen and oxygen atoms in total. The van der Waals surface area contributed by atoms with Gasteiger partial charge in [0.15, 0.2) is 0 Å². The van der Waals surface area contributed by atoms with Gasteiger partial charge in [0.2, 0.25) is 0 Å². The number of hydrogen-bond acceptors (Lipinski definition) is 3. The lowest BCUT2D eigenvalue weighted by molar-refractivity contribution is 0.846. The first kappa shape index (κ1) is 11.3. The van der Waals surface area contributed by atoms with Crippen LogP contribution in [0.4, 0.5) is 5.69 Å². The number of H-pyrrole nitrogens is 1. The Kier molecular flexibility index (Phi) is 2.80. The third-order valence-electron chi connectivity index (χ3n) is 3.02. The average Bonchev–Trinajstić information content (AvgIpc) is 2.96. The minimum atomic E-state index is 0.228. The number of nitrogens with zero attached hydrogens (tertiary/aromatic N) is 1. The highest BCUT2D eigenvalue weighted by atomic mass is 32.1. The largest absolute Gasteiger partial charge is 0.377 e. The maximum atomic E-state index is 4.51. The van der Waals surface area contributed by atoms with Crippen LogP contribution in [0.1, 0.15) is 23.7 Å². The zero-order valence-corrected chi connectivity index (χ0v) is 11.2. The molecule has 2 N–H and O–H groups in total. The lowest BCUT2D eigenvalue weighted by atomic mass is 10.2. The molecule has 3 rings (SSSR count). The first-order valence-electron chi connectivity index (χ1n) is 5.98. The molecule has 1 unspecified atom stereocenters. The van der Waals surface area contributed by atoms with Crippen molar-refractivity contribution in [3.63, 3.8) is 0 Å². The van der Waals surface area contributed by atoms with Gasteiger partial charge < -0.3 is 10.3 Å². The third-order valence-corrected chi connectivity index (χ3v) is 3.81. The molecule has 1 aromatic carbocycles. The molecular weight excluding hydrogens is 242 g/mol. The van der Waals surface area contributed by atoms with Crippen molar-refractivity contribution in [2.24, 2.45) is 0 Å². The van der Waals surface area contributed by atoms with Gasteiger partial charge in [-0.3, -0.25) is 0 Å². The van der Waals surface area contributed by atoms with E-state index in [1.165, 1.54) is 5.39 Å². The van der Waals surface area contributed by atoms with Crippen molar-refractivity contribution >= 4 is 27.9 Å². The zero-order valence-electron chi connectivity index (χ0n) is 10.4. The highest BCUT2D eigenvalue weighted by Gasteiger charge is 2.08. The van der Waals surface area contributed by atoms with Crippen LogP contribution in [0.2, 0.25) is 0 Å². The highest BCUT2D eigenvalue weighted by molar-refractivity contribution is 7.09. The fraction of sp³-hybridized carbons (Fsp3) is 0.214. The molecule has 3 aromatic rings. The van der Waals surface area contributed by atoms with Crippen LogP contribution in [0.5, 0.6) is 0 Å². The van der Waals surface area contributed by atoms with Crippen LogP contribution in [0, 0.1) is 6.92 Å². The van der Waals surface area contributed by atoms with Gasteiger partial charge in [-0.05, 0) is 38.1 Å². The Labute approximate surface area is 110 Å². The predicted octanol–water partition coefficient (Wildman–Crippen LogP) is 4.11. The molecule has 0 amide bonds. The standard InChI is InChI=1S/C14H15N3S/c1-9(14-8-18-10(2)17-14)16-12-3-4-13-11(7-12)5-6-15-13/h3-9,15-16H,1-2H3. The SMILES string of the molecule is Cc1nc(C(C)Nc2ccc3[nH]ccc3c2)cs1. The Hall–Kier alpha value is -1.81. The smallest absolute Gasteiger partial charge is 0.0898 e. The Morgan fingerprint density at radius 1 is 1.33 bits per heavy atom. The summed E-state index contributed by atoms with van der Waals surface area (Å²) in [6.45, 7) is 4.17. The number of aromatic nitrogens is 2. The zero-order chi connectivity index (χ0) is 12.5. The lowest BCUT2D eigenvalue weighted by Gasteiger charge is -2.13. The van der Waals surface area contributed by atoms with E-state index in [1.54, 1.807) is 11.3 Å². The van der Waals surface area contributed by atoms with E-state index < -0.39 is 0 Å².